The monoisotopic (exact) mass is 240 g/mol. The average molecular weight is 240 g/mol. The van der Waals surface area contributed by atoms with Crippen LogP contribution < -0.4 is 5.32 Å². The molecule has 0 unspecified atom stereocenters. The number of carboxylic acids is 1. The van der Waals surface area contributed by atoms with E-state index < -0.39 is 12.0 Å². The minimum atomic E-state index is -0.999. The molecule has 7 heteroatoms. The van der Waals surface area contributed by atoms with Crippen LogP contribution in [0.15, 0.2) is 12.7 Å². The van der Waals surface area contributed by atoms with Crippen LogP contribution in [0.4, 0.5) is 0 Å². The lowest BCUT2D eigenvalue weighted by Crippen LogP contribution is -2.40. The van der Waals surface area contributed by atoms with E-state index in [1.54, 1.807) is 0 Å². The lowest BCUT2D eigenvalue weighted by atomic mass is 10.1. The largest absolute Gasteiger partial charge is 0.480 e. The number of rotatable bonds is 7. The summed E-state index contributed by atoms with van der Waals surface area (Å²) in [4.78, 5) is 26.1. The van der Waals surface area contributed by atoms with E-state index in [9.17, 15) is 9.59 Å². The molecule has 0 aliphatic carbocycles. The first kappa shape index (κ1) is 13.1. The minimum absolute atomic E-state index is 0.191. The molecule has 0 aliphatic heterocycles. The van der Waals surface area contributed by atoms with Crippen LogP contribution in [0.1, 0.15) is 26.2 Å². The molecule has 0 spiro atoms. The van der Waals surface area contributed by atoms with Gasteiger partial charge in [-0.2, -0.15) is 5.10 Å². The van der Waals surface area contributed by atoms with Gasteiger partial charge in [0.15, 0.2) is 0 Å². The number of aryl methyl sites for hydroxylation is 1. The molecule has 0 aromatic carbocycles. The van der Waals surface area contributed by atoms with Gasteiger partial charge in [0.1, 0.15) is 18.7 Å². The molecule has 7 nitrogen and oxygen atoms in total. The summed E-state index contributed by atoms with van der Waals surface area (Å²) in [6.07, 6.45) is 4.23. The van der Waals surface area contributed by atoms with Gasteiger partial charge in [-0.05, 0) is 6.42 Å². The smallest absolute Gasteiger partial charge is 0.326 e. The van der Waals surface area contributed by atoms with Crippen LogP contribution in [0.25, 0.3) is 0 Å². The molecule has 1 aromatic heterocycles. The van der Waals surface area contributed by atoms with E-state index in [0.29, 0.717) is 19.4 Å². The molecule has 94 valence electrons. The van der Waals surface area contributed by atoms with Crippen LogP contribution in [0.5, 0.6) is 0 Å². The van der Waals surface area contributed by atoms with Gasteiger partial charge in [0.2, 0.25) is 5.91 Å². The summed E-state index contributed by atoms with van der Waals surface area (Å²) in [5, 5.41) is 15.2. The minimum Gasteiger partial charge on any atom is -0.480 e. The Morgan fingerprint density at radius 2 is 2.29 bits per heavy atom. The number of carboxylic acid groups (broad SMARTS) is 1. The first-order chi connectivity index (χ1) is 8.13. The van der Waals surface area contributed by atoms with Crippen molar-refractivity contribution in [3.8, 4) is 0 Å². The van der Waals surface area contributed by atoms with Crippen molar-refractivity contribution < 1.29 is 14.7 Å². The molecule has 0 saturated carbocycles. The summed E-state index contributed by atoms with van der Waals surface area (Å²) in [5.74, 6) is -1.29. The first-order valence-corrected chi connectivity index (χ1v) is 5.48. The maximum absolute atomic E-state index is 11.5. The van der Waals surface area contributed by atoms with Crippen LogP contribution >= 0.6 is 0 Å². The van der Waals surface area contributed by atoms with Crippen LogP contribution in [-0.4, -0.2) is 37.8 Å². The molecule has 0 aliphatic rings. The van der Waals surface area contributed by atoms with Crippen molar-refractivity contribution in [2.75, 3.05) is 0 Å². The topological polar surface area (TPSA) is 97.1 Å². The quantitative estimate of drug-likeness (QED) is 0.701. The second kappa shape index (κ2) is 6.62. The van der Waals surface area contributed by atoms with Gasteiger partial charge in [-0.3, -0.25) is 9.48 Å². The Kier molecular flexibility index (Phi) is 5.12. The predicted molar refractivity (Wildman–Crippen MR) is 59.1 cm³/mol. The highest BCUT2D eigenvalue weighted by Crippen LogP contribution is 1.98. The Balaban J connectivity index is 2.34. The zero-order valence-electron chi connectivity index (χ0n) is 9.67. The van der Waals surface area contributed by atoms with Gasteiger partial charge in [-0.25, -0.2) is 9.78 Å². The van der Waals surface area contributed by atoms with Crippen molar-refractivity contribution in [2.45, 2.75) is 38.8 Å². The predicted octanol–water partition coefficient (Wildman–Crippen LogP) is 0.0377. The molecule has 1 rings (SSSR count). The number of hydrogen-bond acceptors (Lipinski definition) is 4. The fourth-order valence-corrected chi connectivity index (χ4v) is 1.38. The Morgan fingerprint density at radius 3 is 2.82 bits per heavy atom. The molecule has 2 N–H and O–H groups in total. The maximum atomic E-state index is 11.5. The zero-order chi connectivity index (χ0) is 12.7. The Bertz CT molecular complexity index is 364. The van der Waals surface area contributed by atoms with Crippen LogP contribution in [0, 0.1) is 0 Å². The lowest BCUT2D eigenvalue weighted by Gasteiger charge is -2.13. The number of carbonyl (C=O) groups excluding carboxylic acids is 1. The van der Waals surface area contributed by atoms with Gasteiger partial charge in [-0.15, -0.1) is 0 Å². The highest BCUT2D eigenvalue weighted by Gasteiger charge is 2.18. The molecular weight excluding hydrogens is 224 g/mol. The Morgan fingerprint density at radius 1 is 1.53 bits per heavy atom. The third-order valence-corrected chi connectivity index (χ3v) is 2.25. The molecule has 0 bridgehead atoms. The molecular formula is C10H16N4O3. The average Bonchev–Trinajstić information content (AvgIpc) is 2.78. The summed E-state index contributed by atoms with van der Waals surface area (Å²) in [5.41, 5.74) is 0. The number of aromatic nitrogens is 3. The van der Waals surface area contributed by atoms with E-state index in [4.69, 9.17) is 5.11 Å². The van der Waals surface area contributed by atoms with Crippen molar-refractivity contribution in [3.63, 3.8) is 0 Å². The summed E-state index contributed by atoms with van der Waals surface area (Å²) >= 11 is 0. The van der Waals surface area contributed by atoms with Crippen molar-refractivity contribution in [1.82, 2.24) is 20.1 Å². The molecule has 1 atom stereocenters. The van der Waals surface area contributed by atoms with E-state index in [-0.39, 0.29) is 12.3 Å². The third-order valence-electron chi connectivity index (χ3n) is 2.25. The highest BCUT2D eigenvalue weighted by molar-refractivity contribution is 5.83. The van der Waals surface area contributed by atoms with Crippen molar-refractivity contribution in [3.05, 3.63) is 12.7 Å². The van der Waals surface area contributed by atoms with Gasteiger partial charge >= 0.3 is 5.97 Å². The number of nitrogens with one attached hydrogen (secondary N) is 1. The summed E-state index contributed by atoms with van der Waals surface area (Å²) in [6, 6.07) is -0.803. The van der Waals surface area contributed by atoms with Crippen LogP contribution in [0.3, 0.4) is 0 Å². The second-order valence-electron chi connectivity index (χ2n) is 3.66. The standard InChI is InChI=1S/C10H16N4O3/c1-2-3-8(10(16)17)13-9(15)4-5-14-7-11-6-12-14/h6-8H,2-5H2,1H3,(H,13,15)(H,16,17)/t8-/m1/s1. The molecule has 1 amide bonds. The summed E-state index contributed by atoms with van der Waals surface area (Å²) in [6.45, 7) is 2.27. The molecule has 17 heavy (non-hydrogen) atoms. The highest BCUT2D eigenvalue weighted by atomic mass is 16.4. The Hall–Kier alpha value is -1.92. The van der Waals surface area contributed by atoms with Gasteiger partial charge in [0.05, 0.1) is 6.54 Å². The van der Waals surface area contributed by atoms with E-state index >= 15 is 0 Å². The fraction of sp³-hybridized carbons (Fsp3) is 0.600. The molecule has 1 aromatic rings. The number of nitrogens with zero attached hydrogens (tertiary/aromatic N) is 3. The third kappa shape index (κ3) is 4.62. The molecule has 0 fully saturated rings. The van der Waals surface area contributed by atoms with E-state index in [2.05, 4.69) is 15.4 Å². The number of amides is 1. The SMILES string of the molecule is CCC[C@@H](NC(=O)CCn1cncn1)C(=O)O. The maximum Gasteiger partial charge on any atom is 0.326 e. The van der Waals surface area contributed by atoms with Crippen molar-refractivity contribution >= 4 is 11.9 Å². The van der Waals surface area contributed by atoms with Gasteiger partial charge in [-0.1, -0.05) is 13.3 Å². The summed E-state index contributed by atoms with van der Waals surface area (Å²) < 4.78 is 1.52. The van der Waals surface area contributed by atoms with Gasteiger partial charge in [0, 0.05) is 6.42 Å². The van der Waals surface area contributed by atoms with Crippen molar-refractivity contribution in [1.29, 1.82) is 0 Å². The van der Waals surface area contributed by atoms with Gasteiger partial charge in [0.25, 0.3) is 0 Å². The van der Waals surface area contributed by atoms with Crippen molar-refractivity contribution in [2.24, 2.45) is 0 Å². The summed E-state index contributed by atoms with van der Waals surface area (Å²) in [7, 11) is 0. The number of carbonyl (C=O) groups is 2. The first-order valence-electron chi connectivity index (χ1n) is 5.48. The zero-order valence-corrected chi connectivity index (χ0v) is 9.67. The number of hydrogen-bond donors (Lipinski definition) is 2. The number of aliphatic carboxylic acids is 1. The van der Waals surface area contributed by atoms with E-state index in [1.807, 2.05) is 6.92 Å². The van der Waals surface area contributed by atoms with Gasteiger partial charge < -0.3 is 10.4 Å². The van der Waals surface area contributed by atoms with Crippen LogP contribution in [-0.2, 0) is 16.1 Å². The van der Waals surface area contributed by atoms with Crippen LogP contribution in [0.2, 0.25) is 0 Å². The van der Waals surface area contributed by atoms with E-state index in [1.165, 1.54) is 17.3 Å². The second-order valence-corrected chi connectivity index (χ2v) is 3.66. The normalized spacial score (nSPS) is 12.1. The Labute approximate surface area is 98.8 Å². The van der Waals surface area contributed by atoms with E-state index in [0.717, 1.165) is 0 Å². The molecule has 1 heterocycles. The lowest BCUT2D eigenvalue weighted by molar-refractivity contribution is -0.142. The molecule has 0 radical (unpaired) electrons. The molecule has 0 saturated heterocycles. The fourth-order valence-electron chi connectivity index (χ4n) is 1.38.